The Hall–Kier alpha value is -2.73. The van der Waals surface area contributed by atoms with Crippen molar-refractivity contribution in [3.63, 3.8) is 0 Å². The van der Waals surface area contributed by atoms with Gasteiger partial charge in [0.2, 0.25) is 0 Å². The van der Waals surface area contributed by atoms with Crippen LogP contribution in [-0.4, -0.2) is 27.6 Å². The molecule has 3 rings (SSSR count). The Morgan fingerprint density at radius 1 is 1.35 bits per heavy atom. The van der Waals surface area contributed by atoms with Crippen molar-refractivity contribution < 1.29 is 13.9 Å². The zero-order valence-corrected chi connectivity index (χ0v) is 15.7. The molecule has 0 unspecified atom stereocenters. The first-order valence-electron chi connectivity index (χ1n) is 8.14. The highest BCUT2D eigenvalue weighted by Crippen LogP contribution is 2.19. The highest BCUT2D eigenvalue weighted by Gasteiger charge is 2.18. The molecule has 6 nitrogen and oxygen atoms in total. The maximum Gasteiger partial charge on any atom is 0.289 e. The monoisotopic (exact) mass is 373 g/mol. The fraction of sp³-hybridized carbons (Fsp3) is 0.263. The van der Waals surface area contributed by atoms with Gasteiger partial charge in [-0.05, 0) is 37.3 Å². The number of ether oxygens (including phenoxy) is 1. The van der Waals surface area contributed by atoms with E-state index in [2.05, 4.69) is 5.10 Å². The fourth-order valence-electron chi connectivity index (χ4n) is 2.50. The molecule has 1 aromatic carbocycles. The summed E-state index contributed by atoms with van der Waals surface area (Å²) in [6.07, 6.45) is 1.77. The van der Waals surface area contributed by atoms with Crippen LogP contribution in [0.4, 0.5) is 0 Å². The molecular formula is C19H20ClN3O3. The van der Waals surface area contributed by atoms with Gasteiger partial charge in [0, 0.05) is 36.9 Å². The summed E-state index contributed by atoms with van der Waals surface area (Å²) < 4.78 is 13.0. The second-order valence-corrected chi connectivity index (χ2v) is 6.49. The minimum Gasteiger partial charge on any atom is -0.486 e. The second kappa shape index (κ2) is 7.66. The number of aromatic nitrogens is 2. The van der Waals surface area contributed by atoms with Crippen molar-refractivity contribution in [1.29, 1.82) is 0 Å². The second-order valence-electron chi connectivity index (χ2n) is 6.05. The summed E-state index contributed by atoms with van der Waals surface area (Å²) in [5.41, 5.74) is 2.03. The number of hydrogen-bond donors (Lipinski definition) is 0. The molecule has 0 saturated carbocycles. The molecule has 0 fully saturated rings. The van der Waals surface area contributed by atoms with E-state index in [9.17, 15) is 4.79 Å². The Labute approximate surface area is 156 Å². The Balaban J connectivity index is 1.61. The molecule has 0 aliphatic heterocycles. The van der Waals surface area contributed by atoms with Crippen LogP contribution in [0.25, 0.3) is 0 Å². The molecule has 0 N–H and O–H groups in total. The first-order chi connectivity index (χ1) is 12.4. The van der Waals surface area contributed by atoms with Gasteiger partial charge in [0.1, 0.15) is 18.1 Å². The number of carbonyl (C=O) groups is 1. The third kappa shape index (κ3) is 4.08. The van der Waals surface area contributed by atoms with Crippen LogP contribution in [0.3, 0.4) is 0 Å². The van der Waals surface area contributed by atoms with Gasteiger partial charge in [-0.1, -0.05) is 17.7 Å². The Kier molecular flexibility index (Phi) is 5.32. The van der Waals surface area contributed by atoms with Gasteiger partial charge in [0.25, 0.3) is 5.91 Å². The molecule has 2 aromatic heterocycles. The van der Waals surface area contributed by atoms with Crippen LogP contribution in [0.15, 0.2) is 47.0 Å². The van der Waals surface area contributed by atoms with E-state index in [0.29, 0.717) is 23.1 Å². The van der Waals surface area contributed by atoms with E-state index in [0.717, 1.165) is 11.3 Å². The van der Waals surface area contributed by atoms with E-state index in [1.165, 1.54) is 0 Å². The molecule has 0 bridgehead atoms. The lowest BCUT2D eigenvalue weighted by Crippen LogP contribution is -2.26. The highest BCUT2D eigenvalue weighted by atomic mass is 35.5. The molecule has 7 heteroatoms. The number of furan rings is 1. The lowest BCUT2D eigenvalue weighted by Gasteiger charge is -2.15. The number of carbonyl (C=O) groups excluding carboxylic acids is 1. The molecule has 3 aromatic rings. The molecule has 2 heterocycles. The Bertz CT molecular complexity index is 916. The summed E-state index contributed by atoms with van der Waals surface area (Å²) in [5, 5.41) is 4.80. The van der Waals surface area contributed by atoms with Gasteiger partial charge >= 0.3 is 0 Å². The van der Waals surface area contributed by atoms with Crippen LogP contribution in [0.5, 0.6) is 5.75 Å². The quantitative estimate of drug-likeness (QED) is 0.659. The molecule has 0 spiro atoms. The molecule has 0 radical (unpaired) electrons. The summed E-state index contributed by atoms with van der Waals surface area (Å²) in [4.78, 5) is 14.1. The average Bonchev–Trinajstić information content (AvgIpc) is 3.21. The van der Waals surface area contributed by atoms with Crippen molar-refractivity contribution in [3.05, 3.63) is 70.4 Å². The van der Waals surface area contributed by atoms with Crippen molar-refractivity contribution in [1.82, 2.24) is 14.7 Å². The molecule has 1 amide bonds. The maximum atomic E-state index is 12.5. The van der Waals surface area contributed by atoms with Crippen LogP contribution < -0.4 is 4.74 Å². The Morgan fingerprint density at radius 3 is 2.85 bits per heavy atom. The molecule has 0 saturated heterocycles. The van der Waals surface area contributed by atoms with Crippen molar-refractivity contribution in [2.45, 2.75) is 20.1 Å². The molecular weight excluding hydrogens is 354 g/mol. The van der Waals surface area contributed by atoms with E-state index in [1.54, 1.807) is 47.1 Å². The van der Waals surface area contributed by atoms with Gasteiger partial charge in [0.05, 0.1) is 6.20 Å². The van der Waals surface area contributed by atoms with Crippen LogP contribution >= 0.6 is 11.6 Å². The smallest absolute Gasteiger partial charge is 0.289 e. The molecule has 0 aliphatic rings. The zero-order valence-electron chi connectivity index (χ0n) is 14.9. The zero-order chi connectivity index (χ0) is 18.7. The van der Waals surface area contributed by atoms with E-state index >= 15 is 0 Å². The number of halogens is 1. The third-order valence-electron chi connectivity index (χ3n) is 4.14. The van der Waals surface area contributed by atoms with Gasteiger partial charge in [-0.3, -0.25) is 9.48 Å². The molecule has 0 aliphatic carbocycles. The van der Waals surface area contributed by atoms with E-state index in [4.69, 9.17) is 20.8 Å². The number of hydrogen-bond acceptors (Lipinski definition) is 4. The predicted octanol–water partition coefficient (Wildman–Crippen LogP) is 3.83. The predicted molar refractivity (Wildman–Crippen MR) is 98.2 cm³/mol. The van der Waals surface area contributed by atoms with Crippen molar-refractivity contribution in [2.75, 3.05) is 7.05 Å². The molecule has 26 heavy (non-hydrogen) atoms. The standard InChI is InChI=1S/C19H20ClN3O3/c1-13-14(10-21-23(13)3)11-22(2)19(24)18-8-7-17(26-18)12-25-16-6-4-5-15(20)9-16/h4-10H,11-12H2,1-3H3. The summed E-state index contributed by atoms with van der Waals surface area (Å²) >= 11 is 5.93. The number of aryl methyl sites for hydroxylation is 1. The van der Waals surface area contributed by atoms with Gasteiger partial charge in [-0.2, -0.15) is 5.10 Å². The lowest BCUT2D eigenvalue weighted by molar-refractivity contribution is 0.0749. The van der Waals surface area contributed by atoms with Crippen LogP contribution in [0.2, 0.25) is 5.02 Å². The topological polar surface area (TPSA) is 60.5 Å². The summed E-state index contributed by atoms with van der Waals surface area (Å²) in [6.45, 7) is 2.66. The first kappa shape index (κ1) is 18.1. The van der Waals surface area contributed by atoms with Crippen LogP contribution in [0.1, 0.15) is 27.6 Å². The van der Waals surface area contributed by atoms with Crippen molar-refractivity contribution in [2.24, 2.45) is 7.05 Å². The number of amides is 1. The van der Waals surface area contributed by atoms with Gasteiger partial charge in [0.15, 0.2) is 5.76 Å². The Morgan fingerprint density at radius 2 is 2.15 bits per heavy atom. The lowest BCUT2D eigenvalue weighted by atomic mass is 10.2. The van der Waals surface area contributed by atoms with Crippen LogP contribution in [0, 0.1) is 6.92 Å². The van der Waals surface area contributed by atoms with E-state index in [1.807, 2.05) is 26.1 Å². The van der Waals surface area contributed by atoms with E-state index < -0.39 is 0 Å². The molecule has 136 valence electrons. The minimum atomic E-state index is -0.192. The summed E-state index contributed by atoms with van der Waals surface area (Å²) in [6, 6.07) is 10.5. The largest absolute Gasteiger partial charge is 0.486 e. The minimum absolute atomic E-state index is 0.192. The summed E-state index contributed by atoms with van der Waals surface area (Å²) in [7, 11) is 3.61. The molecule has 0 atom stereocenters. The highest BCUT2D eigenvalue weighted by molar-refractivity contribution is 6.30. The average molecular weight is 374 g/mol. The van der Waals surface area contributed by atoms with Gasteiger partial charge in [-0.15, -0.1) is 0 Å². The third-order valence-corrected chi connectivity index (χ3v) is 4.38. The van der Waals surface area contributed by atoms with Crippen molar-refractivity contribution >= 4 is 17.5 Å². The maximum absolute atomic E-state index is 12.5. The number of rotatable bonds is 6. The van der Waals surface area contributed by atoms with Gasteiger partial charge < -0.3 is 14.1 Å². The SMILES string of the molecule is Cc1c(CN(C)C(=O)c2ccc(COc3cccc(Cl)c3)o2)cnn1C. The van der Waals surface area contributed by atoms with Crippen molar-refractivity contribution in [3.8, 4) is 5.75 Å². The van der Waals surface area contributed by atoms with Gasteiger partial charge in [-0.25, -0.2) is 0 Å². The first-order valence-corrected chi connectivity index (χ1v) is 8.52. The number of benzene rings is 1. The van der Waals surface area contributed by atoms with E-state index in [-0.39, 0.29) is 18.3 Å². The fourth-order valence-corrected chi connectivity index (χ4v) is 2.68. The normalized spacial score (nSPS) is 10.8. The number of nitrogens with zero attached hydrogens (tertiary/aromatic N) is 3. The van der Waals surface area contributed by atoms with Crippen LogP contribution in [-0.2, 0) is 20.2 Å². The summed E-state index contributed by atoms with van der Waals surface area (Å²) in [5.74, 6) is 1.30.